The summed E-state index contributed by atoms with van der Waals surface area (Å²) in [5.74, 6) is -1.99. The topological polar surface area (TPSA) is 98.7 Å². The molecule has 0 bridgehead atoms. The number of amides is 2. The Bertz CT molecular complexity index is 1090. The smallest absolute Gasteiger partial charge is 0.333 e. The van der Waals surface area contributed by atoms with Crippen molar-refractivity contribution >= 4 is 40.8 Å². The van der Waals surface area contributed by atoms with E-state index >= 15 is 0 Å². The van der Waals surface area contributed by atoms with E-state index in [2.05, 4.69) is 10.6 Å². The molecular weight excluding hydrogens is 418 g/mol. The molecular formula is C23H22ClN3O4. The fourth-order valence-electron chi connectivity index (χ4n) is 3.43. The molecule has 2 aromatic rings. The molecule has 1 heterocycles. The first kappa shape index (κ1) is 22.1. The van der Waals surface area contributed by atoms with Gasteiger partial charge in [-0.3, -0.25) is 9.59 Å². The van der Waals surface area contributed by atoms with Gasteiger partial charge in [0.1, 0.15) is 0 Å². The quantitative estimate of drug-likeness (QED) is 0.633. The zero-order valence-corrected chi connectivity index (χ0v) is 17.9. The predicted octanol–water partition coefficient (Wildman–Crippen LogP) is 3.94. The second kappa shape index (κ2) is 9.49. The third kappa shape index (κ3) is 5.13. The lowest BCUT2D eigenvalue weighted by atomic mass is 9.95. The van der Waals surface area contributed by atoms with Crippen LogP contribution in [0.15, 0.2) is 77.1 Å². The van der Waals surface area contributed by atoms with Gasteiger partial charge in [0.2, 0.25) is 11.8 Å². The number of hydrogen-bond donors (Lipinski definition) is 3. The first-order valence-electron chi connectivity index (χ1n) is 9.59. The van der Waals surface area contributed by atoms with E-state index in [1.165, 1.54) is 0 Å². The van der Waals surface area contributed by atoms with Gasteiger partial charge in [-0.2, -0.15) is 0 Å². The van der Waals surface area contributed by atoms with Gasteiger partial charge in [-0.05, 0) is 44.2 Å². The average molecular weight is 440 g/mol. The van der Waals surface area contributed by atoms with Gasteiger partial charge in [-0.15, -0.1) is 0 Å². The van der Waals surface area contributed by atoms with Gasteiger partial charge < -0.3 is 20.6 Å². The van der Waals surface area contributed by atoms with Crippen LogP contribution >= 0.6 is 11.6 Å². The number of nitrogens with one attached hydrogen (secondary N) is 2. The van der Waals surface area contributed by atoms with Crippen molar-refractivity contribution in [1.82, 2.24) is 5.32 Å². The largest absolute Gasteiger partial charge is 0.478 e. The van der Waals surface area contributed by atoms with Crippen LogP contribution in [-0.4, -0.2) is 29.4 Å². The summed E-state index contributed by atoms with van der Waals surface area (Å²) in [6.45, 7) is 3.19. The first-order chi connectivity index (χ1) is 14.8. The van der Waals surface area contributed by atoms with Gasteiger partial charge in [0.15, 0.2) is 0 Å². The van der Waals surface area contributed by atoms with E-state index in [1.807, 2.05) is 6.07 Å². The highest BCUT2D eigenvalue weighted by molar-refractivity contribution is 6.30. The van der Waals surface area contributed by atoms with Crippen LogP contribution in [0.2, 0.25) is 5.02 Å². The minimum absolute atomic E-state index is 0.0454. The molecule has 0 aliphatic carbocycles. The highest BCUT2D eigenvalue weighted by atomic mass is 35.5. The predicted molar refractivity (Wildman–Crippen MR) is 120 cm³/mol. The lowest BCUT2D eigenvalue weighted by Crippen LogP contribution is -2.37. The third-order valence-corrected chi connectivity index (χ3v) is 5.20. The molecule has 3 rings (SSSR count). The Morgan fingerprint density at radius 3 is 2.32 bits per heavy atom. The lowest BCUT2D eigenvalue weighted by molar-refractivity contribution is -0.132. The molecule has 31 heavy (non-hydrogen) atoms. The SMILES string of the molecule is CC1=C(C(=O)O)CC(C(=O)NCC(=O)Nc2ccccc2)=C(C)N1c1cccc(Cl)c1. The van der Waals surface area contributed by atoms with Gasteiger partial charge >= 0.3 is 5.97 Å². The highest BCUT2D eigenvalue weighted by Crippen LogP contribution is 2.35. The van der Waals surface area contributed by atoms with Crippen LogP contribution in [0, 0.1) is 0 Å². The second-order valence-electron chi connectivity index (χ2n) is 7.02. The molecule has 7 nitrogen and oxygen atoms in total. The summed E-state index contributed by atoms with van der Waals surface area (Å²) >= 11 is 6.11. The molecule has 0 saturated heterocycles. The molecule has 0 unspecified atom stereocenters. The number of carbonyl (C=O) groups excluding carboxylic acids is 2. The minimum atomic E-state index is -1.11. The van der Waals surface area contributed by atoms with E-state index in [0.29, 0.717) is 27.8 Å². The summed E-state index contributed by atoms with van der Waals surface area (Å²) in [6, 6.07) is 15.8. The zero-order chi connectivity index (χ0) is 22.5. The van der Waals surface area contributed by atoms with Gasteiger partial charge in [-0.25, -0.2) is 4.79 Å². The maximum Gasteiger partial charge on any atom is 0.333 e. The Labute approximate surface area is 185 Å². The molecule has 3 N–H and O–H groups in total. The molecule has 2 aromatic carbocycles. The van der Waals surface area contributed by atoms with E-state index in [0.717, 1.165) is 0 Å². The normalized spacial score (nSPS) is 13.8. The molecule has 0 fully saturated rings. The van der Waals surface area contributed by atoms with Crippen molar-refractivity contribution in [1.29, 1.82) is 0 Å². The third-order valence-electron chi connectivity index (χ3n) is 4.96. The molecule has 0 radical (unpaired) electrons. The summed E-state index contributed by atoms with van der Waals surface area (Å²) in [4.78, 5) is 38.5. The van der Waals surface area contributed by atoms with Crippen molar-refractivity contribution in [2.75, 3.05) is 16.8 Å². The number of anilines is 2. The van der Waals surface area contributed by atoms with E-state index in [4.69, 9.17) is 11.6 Å². The van der Waals surface area contributed by atoms with E-state index in [9.17, 15) is 19.5 Å². The van der Waals surface area contributed by atoms with E-state index < -0.39 is 11.9 Å². The van der Waals surface area contributed by atoms with Gasteiger partial charge in [0.05, 0.1) is 12.1 Å². The van der Waals surface area contributed by atoms with Crippen molar-refractivity contribution in [3.8, 4) is 0 Å². The first-order valence-corrected chi connectivity index (χ1v) is 9.97. The summed E-state index contributed by atoms with van der Waals surface area (Å²) in [5, 5.41) is 15.4. The van der Waals surface area contributed by atoms with Crippen LogP contribution in [0.5, 0.6) is 0 Å². The van der Waals surface area contributed by atoms with Crippen molar-refractivity contribution in [2.45, 2.75) is 20.3 Å². The molecule has 1 aliphatic heterocycles. The number of para-hydroxylation sites is 1. The van der Waals surface area contributed by atoms with Crippen molar-refractivity contribution in [2.24, 2.45) is 0 Å². The number of carboxylic acids is 1. The van der Waals surface area contributed by atoms with Crippen LogP contribution in [0.1, 0.15) is 20.3 Å². The summed E-state index contributed by atoms with van der Waals surface area (Å²) in [6.07, 6.45) is -0.0454. The van der Waals surface area contributed by atoms with Crippen LogP contribution in [-0.2, 0) is 14.4 Å². The van der Waals surface area contributed by atoms with Crippen LogP contribution in [0.3, 0.4) is 0 Å². The lowest BCUT2D eigenvalue weighted by Gasteiger charge is -2.33. The monoisotopic (exact) mass is 439 g/mol. The van der Waals surface area contributed by atoms with E-state index in [1.54, 1.807) is 67.3 Å². The van der Waals surface area contributed by atoms with Crippen molar-refractivity contribution < 1.29 is 19.5 Å². The molecule has 2 amide bonds. The summed E-state index contributed by atoms with van der Waals surface area (Å²) in [7, 11) is 0. The van der Waals surface area contributed by atoms with Crippen molar-refractivity contribution in [3.05, 3.63) is 82.2 Å². The Morgan fingerprint density at radius 1 is 1.00 bits per heavy atom. The number of hydrogen-bond acceptors (Lipinski definition) is 4. The number of carboxylic acid groups (broad SMARTS) is 1. The van der Waals surface area contributed by atoms with E-state index in [-0.39, 0.29) is 30.0 Å². The zero-order valence-electron chi connectivity index (χ0n) is 17.1. The van der Waals surface area contributed by atoms with Crippen LogP contribution in [0.4, 0.5) is 11.4 Å². The number of allylic oxidation sites excluding steroid dienone is 2. The number of nitrogens with zero attached hydrogens (tertiary/aromatic N) is 1. The molecule has 0 saturated carbocycles. The fraction of sp³-hybridized carbons (Fsp3) is 0.174. The van der Waals surface area contributed by atoms with Gasteiger partial charge in [-0.1, -0.05) is 35.9 Å². The standard InChI is InChI=1S/C23H22ClN3O4/c1-14-19(22(29)25-13-21(28)26-17-8-4-3-5-9-17)12-20(23(30)31)15(2)27(14)18-10-6-7-16(24)11-18/h3-11H,12-13H2,1-2H3,(H,25,29)(H,26,28)(H,30,31). The Hall–Kier alpha value is -3.58. The number of carbonyl (C=O) groups is 3. The Balaban J connectivity index is 1.82. The Morgan fingerprint density at radius 2 is 1.68 bits per heavy atom. The van der Waals surface area contributed by atoms with Gasteiger partial charge in [0, 0.05) is 39.8 Å². The molecule has 160 valence electrons. The molecule has 0 aromatic heterocycles. The van der Waals surface area contributed by atoms with Crippen LogP contribution in [0.25, 0.3) is 0 Å². The summed E-state index contributed by atoms with van der Waals surface area (Å²) in [5.41, 5.74) is 2.72. The summed E-state index contributed by atoms with van der Waals surface area (Å²) < 4.78 is 0. The molecule has 0 spiro atoms. The highest BCUT2D eigenvalue weighted by Gasteiger charge is 2.30. The molecule has 0 atom stereocenters. The number of halogens is 1. The number of benzene rings is 2. The Kier molecular flexibility index (Phi) is 6.77. The van der Waals surface area contributed by atoms with Crippen LogP contribution < -0.4 is 15.5 Å². The maximum atomic E-state index is 12.9. The van der Waals surface area contributed by atoms with Gasteiger partial charge in [0.25, 0.3) is 0 Å². The average Bonchev–Trinajstić information content (AvgIpc) is 2.73. The number of aliphatic carboxylic acids is 1. The molecule has 8 heteroatoms. The minimum Gasteiger partial charge on any atom is -0.478 e. The fourth-order valence-corrected chi connectivity index (χ4v) is 3.61. The van der Waals surface area contributed by atoms with Crippen molar-refractivity contribution in [3.63, 3.8) is 0 Å². The maximum absolute atomic E-state index is 12.9. The number of rotatable bonds is 6. The molecule has 1 aliphatic rings. The second-order valence-corrected chi connectivity index (χ2v) is 7.46.